The number of rotatable bonds is 3. The van der Waals surface area contributed by atoms with E-state index >= 15 is 0 Å². The number of amides is 2. The number of piperidine rings is 1. The van der Waals surface area contributed by atoms with Crippen molar-refractivity contribution < 1.29 is 14.7 Å². The molecule has 1 unspecified atom stereocenters. The molecule has 0 bridgehead atoms. The molecule has 0 saturated carbocycles. The monoisotopic (exact) mass is 385 g/mol. The van der Waals surface area contributed by atoms with E-state index in [1.165, 1.54) is 6.07 Å². The van der Waals surface area contributed by atoms with Gasteiger partial charge in [0, 0.05) is 43.7 Å². The van der Waals surface area contributed by atoms with Crippen LogP contribution in [0.3, 0.4) is 0 Å². The Labute approximate surface area is 156 Å². The van der Waals surface area contributed by atoms with Gasteiger partial charge in [-0.2, -0.15) is 0 Å². The summed E-state index contributed by atoms with van der Waals surface area (Å²) in [5, 5.41) is 13.4. The second-order valence-corrected chi connectivity index (χ2v) is 7.53. The SMILES string of the molecule is N[C@@H](c1cc(Cl)c(Cl)cc1O)C1CCN(C(=O)C2CNC(=O)C2)CC1. The van der Waals surface area contributed by atoms with E-state index in [1.54, 1.807) is 6.07 Å². The van der Waals surface area contributed by atoms with Crippen LogP contribution in [0.4, 0.5) is 0 Å². The van der Waals surface area contributed by atoms with Crippen molar-refractivity contribution >= 4 is 35.0 Å². The topological polar surface area (TPSA) is 95.7 Å². The molecule has 2 aliphatic rings. The highest BCUT2D eigenvalue weighted by molar-refractivity contribution is 6.42. The molecule has 0 aromatic heterocycles. The maximum Gasteiger partial charge on any atom is 0.227 e. The van der Waals surface area contributed by atoms with Crippen molar-refractivity contribution in [1.82, 2.24) is 10.2 Å². The van der Waals surface area contributed by atoms with Gasteiger partial charge in [0.05, 0.1) is 16.0 Å². The summed E-state index contributed by atoms with van der Waals surface area (Å²) < 4.78 is 0. The lowest BCUT2D eigenvalue weighted by molar-refractivity contribution is -0.137. The lowest BCUT2D eigenvalue weighted by Crippen LogP contribution is -2.44. The Morgan fingerprint density at radius 2 is 1.92 bits per heavy atom. The van der Waals surface area contributed by atoms with Gasteiger partial charge in [-0.25, -0.2) is 0 Å². The first kappa shape index (κ1) is 18.3. The average Bonchev–Trinajstić information content (AvgIpc) is 3.03. The van der Waals surface area contributed by atoms with Crippen molar-refractivity contribution in [3.63, 3.8) is 0 Å². The minimum Gasteiger partial charge on any atom is -0.508 e. The summed E-state index contributed by atoms with van der Waals surface area (Å²) >= 11 is 11.9. The predicted octanol–water partition coefficient (Wildman–Crippen LogP) is 2.07. The number of aromatic hydroxyl groups is 1. The molecule has 0 aliphatic carbocycles. The zero-order valence-corrected chi connectivity index (χ0v) is 15.2. The highest BCUT2D eigenvalue weighted by Gasteiger charge is 2.34. The summed E-state index contributed by atoms with van der Waals surface area (Å²) in [4.78, 5) is 25.5. The van der Waals surface area contributed by atoms with Crippen LogP contribution in [0.1, 0.15) is 30.9 Å². The van der Waals surface area contributed by atoms with Gasteiger partial charge >= 0.3 is 0 Å². The van der Waals surface area contributed by atoms with Crippen molar-refractivity contribution in [3.8, 4) is 5.75 Å². The number of benzene rings is 1. The smallest absolute Gasteiger partial charge is 0.227 e. The van der Waals surface area contributed by atoms with E-state index in [0.29, 0.717) is 30.2 Å². The summed E-state index contributed by atoms with van der Waals surface area (Å²) in [5.41, 5.74) is 6.91. The maximum atomic E-state index is 12.5. The highest BCUT2D eigenvalue weighted by Crippen LogP contribution is 2.38. The van der Waals surface area contributed by atoms with Gasteiger partial charge in [0.1, 0.15) is 5.75 Å². The molecule has 136 valence electrons. The molecule has 2 atom stereocenters. The number of nitrogens with one attached hydrogen (secondary N) is 1. The number of phenolic OH excluding ortho intramolecular Hbond substituents is 1. The van der Waals surface area contributed by atoms with Crippen molar-refractivity contribution in [1.29, 1.82) is 0 Å². The van der Waals surface area contributed by atoms with Crippen LogP contribution in [-0.4, -0.2) is 41.5 Å². The van der Waals surface area contributed by atoms with Crippen LogP contribution >= 0.6 is 23.2 Å². The van der Waals surface area contributed by atoms with Gasteiger partial charge in [0.2, 0.25) is 11.8 Å². The number of hydrogen-bond donors (Lipinski definition) is 3. The third-order valence-corrected chi connectivity index (χ3v) is 5.84. The molecule has 4 N–H and O–H groups in total. The first-order chi connectivity index (χ1) is 11.9. The summed E-state index contributed by atoms with van der Waals surface area (Å²) in [6, 6.07) is 2.64. The maximum absolute atomic E-state index is 12.5. The Balaban J connectivity index is 1.61. The molecule has 1 aromatic rings. The van der Waals surface area contributed by atoms with Crippen LogP contribution in [0.2, 0.25) is 10.0 Å². The van der Waals surface area contributed by atoms with Crippen LogP contribution in [0.25, 0.3) is 0 Å². The quantitative estimate of drug-likeness (QED) is 0.741. The van der Waals surface area contributed by atoms with E-state index in [4.69, 9.17) is 28.9 Å². The number of phenols is 1. The van der Waals surface area contributed by atoms with Gasteiger partial charge in [-0.05, 0) is 24.8 Å². The van der Waals surface area contributed by atoms with Crippen LogP contribution in [0.5, 0.6) is 5.75 Å². The Hall–Kier alpha value is -1.50. The molecule has 6 nitrogen and oxygen atoms in total. The molecule has 2 fully saturated rings. The third kappa shape index (κ3) is 3.86. The first-order valence-corrected chi connectivity index (χ1v) is 9.11. The normalized spacial score (nSPS) is 22.8. The largest absolute Gasteiger partial charge is 0.508 e. The highest BCUT2D eigenvalue weighted by atomic mass is 35.5. The van der Waals surface area contributed by atoms with Crippen molar-refractivity contribution in [2.75, 3.05) is 19.6 Å². The number of nitrogens with two attached hydrogens (primary N) is 1. The van der Waals surface area contributed by atoms with Crippen LogP contribution in [-0.2, 0) is 9.59 Å². The standard InChI is InChI=1S/C17H21Cl2N3O3/c18-12-6-11(14(23)7-13(12)19)16(20)9-1-3-22(4-2-9)17(25)10-5-15(24)21-8-10/h6-7,9-10,16,23H,1-5,8,20H2,(H,21,24)/t10?,16-/m1/s1. The second kappa shape index (κ2) is 7.40. The number of hydrogen-bond acceptors (Lipinski definition) is 4. The van der Waals surface area contributed by atoms with Crippen LogP contribution in [0.15, 0.2) is 12.1 Å². The summed E-state index contributed by atoms with van der Waals surface area (Å²) in [6.45, 7) is 1.63. The fraction of sp³-hybridized carbons (Fsp3) is 0.529. The van der Waals surface area contributed by atoms with E-state index < -0.39 is 0 Å². The molecule has 3 rings (SSSR count). The van der Waals surface area contributed by atoms with E-state index in [-0.39, 0.29) is 46.9 Å². The number of likely N-dealkylation sites (tertiary alicyclic amines) is 1. The van der Waals surface area contributed by atoms with E-state index in [0.717, 1.165) is 12.8 Å². The van der Waals surface area contributed by atoms with E-state index in [9.17, 15) is 14.7 Å². The van der Waals surface area contributed by atoms with Crippen molar-refractivity contribution in [2.45, 2.75) is 25.3 Å². The van der Waals surface area contributed by atoms with Crippen LogP contribution < -0.4 is 11.1 Å². The minimum absolute atomic E-state index is 0.0303. The Morgan fingerprint density at radius 3 is 2.52 bits per heavy atom. The fourth-order valence-electron chi connectivity index (χ4n) is 3.59. The molecule has 0 spiro atoms. The summed E-state index contributed by atoms with van der Waals surface area (Å²) in [7, 11) is 0. The molecule has 1 aromatic carbocycles. The summed E-state index contributed by atoms with van der Waals surface area (Å²) in [5.74, 6) is -0.114. The van der Waals surface area contributed by atoms with Gasteiger partial charge in [-0.3, -0.25) is 9.59 Å². The van der Waals surface area contributed by atoms with Crippen molar-refractivity contribution in [3.05, 3.63) is 27.7 Å². The fourth-order valence-corrected chi connectivity index (χ4v) is 3.92. The minimum atomic E-state index is -0.373. The first-order valence-electron chi connectivity index (χ1n) is 8.35. The van der Waals surface area contributed by atoms with E-state index in [1.807, 2.05) is 4.90 Å². The molecular weight excluding hydrogens is 365 g/mol. The molecule has 8 heteroatoms. The molecular formula is C17H21Cl2N3O3. The molecule has 25 heavy (non-hydrogen) atoms. The zero-order chi connectivity index (χ0) is 18.1. The Bertz CT molecular complexity index is 690. The molecule has 0 radical (unpaired) electrons. The third-order valence-electron chi connectivity index (χ3n) is 5.11. The average molecular weight is 386 g/mol. The number of halogens is 2. The van der Waals surface area contributed by atoms with Gasteiger partial charge < -0.3 is 21.1 Å². The van der Waals surface area contributed by atoms with Gasteiger partial charge in [-0.1, -0.05) is 23.2 Å². The second-order valence-electron chi connectivity index (χ2n) is 6.72. The van der Waals surface area contributed by atoms with Crippen molar-refractivity contribution in [2.24, 2.45) is 17.6 Å². The number of carbonyl (C=O) groups excluding carboxylic acids is 2. The van der Waals surface area contributed by atoms with Gasteiger partial charge in [0.15, 0.2) is 0 Å². The van der Waals surface area contributed by atoms with Gasteiger partial charge in [0.25, 0.3) is 0 Å². The predicted molar refractivity (Wildman–Crippen MR) is 95.5 cm³/mol. The number of nitrogens with zero attached hydrogens (tertiary/aromatic N) is 1. The Kier molecular flexibility index (Phi) is 5.41. The Morgan fingerprint density at radius 1 is 1.28 bits per heavy atom. The molecule has 2 heterocycles. The summed E-state index contributed by atoms with van der Waals surface area (Å²) in [6.07, 6.45) is 1.75. The lowest BCUT2D eigenvalue weighted by atomic mass is 9.85. The molecule has 2 amide bonds. The van der Waals surface area contributed by atoms with E-state index in [2.05, 4.69) is 5.32 Å². The molecule has 2 saturated heterocycles. The van der Waals surface area contributed by atoms with Gasteiger partial charge in [-0.15, -0.1) is 0 Å². The molecule has 2 aliphatic heterocycles. The lowest BCUT2D eigenvalue weighted by Gasteiger charge is -2.36. The zero-order valence-electron chi connectivity index (χ0n) is 13.7. The van der Waals surface area contributed by atoms with Crippen LogP contribution in [0, 0.1) is 11.8 Å². The number of carbonyl (C=O) groups is 2.